The maximum Gasteiger partial charge on any atom is 0.269 e. The number of hydrogen-bond donors (Lipinski definition) is 1. The lowest BCUT2D eigenvalue weighted by Crippen LogP contribution is -2.39. The Morgan fingerprint density at radius 2 is 2.13 bits per heavy atom. The van der Waals surface area contributed by atoms with Crippen LogP contribution in [0.1, 0.15) is 36.7 Å². The van der Waals surface area contributed by atoms with Gasteiger partial charge in [-0.2, -0.15) is 5.10 Å². The Morgan fingerprint density at radius 3 is 2.78 bits per heavy atom. The molecule has 1 fully saturated rings. The monoisotopic (exact) mass is 315 g/mol. The molecule has 2 heterocycles. The number of aromatic amines is 1. The third-order valence-corrected chi connectivity index (χ3v) is 4.07. The summed E-state index contributed by atoms with van der Waals surface area (Å²) in [7, 11) is 0. The fraction of sp³-hybridized carbons (Fsp3) is 0.400. The summed E-state index contributed by atoms with van der Waals surface area (Å²) in [5.41, 5.74) is 0.793. The number of nitrogens with zero attached hydrogens (tertiary/aromatic N) is 4. The van der Waals surface area contributed by atoms with Crippen molar-refractivity contribution in [2.75, 3.05) is 6.54 Å². The molecule has 1 saturated heterocycles. The van der Waals surface area contributed by atoms with Crippen molar-refractivity contribution < 1.29 is 9.72 Å². The third-order valence-electron chi connectivity index (χ3n) is 4.07. The summed E-state index contributed by atoms with van der Waals surface area (Å²) in [6.07, 6.45) is 4.55. The number of H-pyrrole nitrogens is 1. The molecule has 23 heavy (non-hydrogen) atoms. The van der Waals surface area contributed by atoms with Crippen molar-refractivity contribution >= 4 is 11.6 Å². The second kappa shape index (κ2) is 6.55. The van der Waals surface area contributed by atoms with E-state index in [-0.39, 0.29) is 24.1 Å². The van der Waals surface area contributed by atoms with Crippen LogP contribution in [0.15, 0.2) is 30.6 Å². The van der Waals surface area contributed by atoms with Crippen LogP contribution in [0.25, 0.3) is 0 Å². The normalized spacial score (nSPS) is 17.9. The van der Waals surface area contributed by atoms with E-state index >= 15 is 0 Å². The maximum absolute atomic E-state index is 12.6. The average Bonchev–Trinajstić information content (AvgIpc) is 3.09. The van der Waals surface area contributed by atoms with E-state index in [2.05, 4.69) is 15.2 Å². The minimum absolute atomic E-state index is 0.0000435. The quantitative estimate of drug-likeness (QED) is 0.686. The van der Waals surface area contributed by atoms with Crippen LogP contribution in [0.2, 0.25) is 0 Å². The minimum Gasteiger partial charge on any atom is -0.332 e. The van der Waals surface area contributed by atoms with E-state index in [1.807, 2.05) is 4.90 Å². The first-order valence-electron chi connectivity index (χ1n) is 7.53. The molecule has 8 nitrogen and oxygen atoms in total. The van der Waals surface area contributed by atoms with Gasteiger partial charge in [0.05, 0.1) is 17.4 Å². The standard InChI is InChI=1S/C15H17N5O3/c21-14(9-11-4-6-12(7-5-11)20(22)23)19-8-2-1-3-13(19)15-16-10-17-18-15/h4-7,10,13H,1-3,8-9H2,(H,16,17,18)/t13-/m1/s1. The Labute approximate surface area is 132 Å². The molecule has 3 rings (SSSR count). The first kappa shape index (κ1) is 15.1. The van der Waals surface area contributed by atoms with Gasteiger partial charge in [0.15, 0.2) is 0 Å². The SMILES string of the molecule is O=C(Cc1ccc([N+](=O)[O-])cc1)N1CCCC[C@@H]1c1ncn[nH]1. The second-order valence-electron chi connectivity index (χ2n) is 5.57. The van der Waals surface area contributed by atoms with Crippen LogP contribution in [-0.4, -0.2) is 37.5 Å². The summed E-state index contributed by atoms with van der Waals surface area (Å²) >= 11 is 0. The van der Waals surface area contributed by atoms with Gasteiger partial charge in [-0.25, -0.2) is 4.98 Å². The lowest BCUT2D eigenvalue weighted by Gasteiger charge is -2.34. The highest BCUT2D eigenvalue weighted by Crippen LogP contribution is 2.29. The summed E-state index contributed by atoms with van der Waals surface area (Å²) in [5, 5.41) is 17.4. The smallest absolute Gasteiger partial charge is 0.269 e. The number of carbonyl (C=O) groups is 1. The molecule has 2 aromatic rings. The van der Waals surface area contributed by atoms with E-state index in [1.54, 1.807) is 12.1 Å². The Bertz CT molecular complexity index is 684. The van der Waals surface area contributed by atoms with Crippen molar-refractivity contribution in [2.24, 2.45) is 0 Å². The number of rotatable bonds is 4. The fourth-order valence-corrected chi connectivity index (χ4v) is 2.90. The molecule has 0 spiro atoms. The van der Waals surface area contributed by atoms with Gasteiger partial charge in [0.25, 0.3) is 5.69 Å². The molecular weight excluding hydrogens is 298 g/mol. The Hall–Kier alpha value is -2.77. The van der Waals surface area contributed by atoms with Gasteiger partial charge in [0, 0.05) is 18.7 Å². The number of non-ortho nitro benzene ring substituents is 1. The number of likely N-dealkylation sites (tertiary alicyclic amines) is 1. The van der Waals surface area contributed by atoms with E-state index < -0.39 is 4.92 Å². The van der Waals surface area contributed by atoms with Crippen LogP contribution in [0, 0.1) is 10.1 Å². The molecule has 1 atom stereocenters. The predicted octanol–water partition coefficient (Wildman–Crippen LogP) is 2.01. The molecule has 1 aliphatic rings. The molecular formula is C15H17N5O3. The summed E-state index contributed by atoms with van der Waals surface area (Å²) in [6.45, 7) is 0.692. The van der Waals surface area contributed by atoms with E-state index in [9.17, 15) is 14.9 Å². The zero-order valence-corrected chi connectivity index (χ0v) is 12.5. The van der Waals surface area contributed by atoms with Crippen LogP contribution in [-0.2, 0) is 11.2 Å². The maximum atomic E-state index is 12.6. The number of nitro groups is 1. The first-order chi connectivity index (χ1) is 11.1. The molecule has 1 aromatic heterocycles. The van der Waals surface area contributed by atoms with Gasteiger partial charge < -0.3 is 4.90 Å². The van der Waals surface area contributed by atoms with E-state index in [4.69, 9.17) is 0 Å². The van der Waals surface area contributed by atoms with Crippen molar-refractivity contribution in [1.82, 2.24) is 20.1 Å². The molecule has 0 aliphatic carbocycles. The van der Waals surface area contributed by atoms with Gasteiger partial charge in [0.1, 0.15) is 12.2 Å². The summed E-state index contributed by atoms with van der Waals surface area (Å²) in [4.78, 5) is 28.8. The number of amides is 1. The number of hydrogen-bond acceptors (Lipinski definition) is 5. The molecule has 0 radical (unpaired) electrons. The fourth-order valence-electron chi connectivity index (χ4n) is 2.90. The van der Waals surface area contributed by atoms with Crippen molar-refractivity contribution in [3.05, 3.63) is 52.1 Å². The number of nitro benzene ring substituents is 1. The van der Waals surface area contributed by atoms with Gasteiger partial charge >= 0.3 is 0 Å². The predicted molar refractivity (Wildman–Crippen MR) is 81.5 cm³/mol. The topological polar surface area (TPSA) is 105 Å². The van der Waals surface area contributed by atoms with Crippen molar-refractivity contribution in [1.29, 1.82) is 0 Å². The molecule has 0 unspecified atom stereocenters. The zero-order chi connectivity index (χ0) is 16.2. The van der Waals surface area contributed by atoms with Crippen molar-refractivity contribution in [3.63, 3.8) is 0 Å². The van der Waals surface area contributed by atoms with Crippen LogP contribution in [0.5, 0.6) is 0 Å². The van der Waals surface area contributed by atoms with E-state index in [0.717, 1.165) is 24.8 Å². The van der Waals surface area contributed by atoms with Crippen LogP contribution < -0.4 is 0 Å². The van der Waals surface area contributed by atoms with Gasteiger partial charge in [-0.3, -0.25) is 20.0 Å². The summed E-state index contributed by atoms with van der Waals surface area (Å²) in [5.74, 6) is 0.710. The molecule has 8 heteroatoms. The zero-order valence-electron chi connectivity index (χ0n) is 12.5. The lowest BCUT2D eigenvalue weighted by atomic mass is 10.00. The number of piperidine rings is 1. The highest BCUT2D eigenvalue weighted by atomic mass is 16.6. The minimum atomic E-state index is -0.448. The molecule has 1 aromatic carbocycles. The average molecular weight is 315 g/mol. The largest absolute Gasteiger partial charge is 0.332 e. The van der Waals surface area contributed by atoms with E-state index in [0.29, 0.717) is 12.4 Å². The Morgan fingerprint density at radius 1 is 1.35 bits per heavy atom. The molecule has 0 bridgehead atoms. The van der Waals surface area contributed by atoms with E-state index in [1.165, 1.54) is 18.5 Å². The Balaban J connectivity index is 1.72. The Kier molecular flexibility index (Phi) is 4.31. The lowest BCUT2D eigenvalue weighted by molar-refractivity contribution is -0.384. The first-order valence-corrected chi connectivity index (χ1v) is 7.53. The van der Waals surface area contributed by atoms with Gasteiger partial charge in [-0.05, 0) is 24.8 Å². The number of nitrogens with one attached hydrogen (secondary N) is 1. The van der Waals surface area contributed by atoms with Crippen molar-refractivity contribution in [2.45, 2.75) is 31.7 Å². The van der Waals surface area contributed by atoms with Crippen LogP contribution in [0.3, 0.4) is 0 Å². The number of benzene rings is 1. The third kappa shape index (κ3) is 3.36. The number of aromatic nitrogens is 3. The van der Waals surface area contributed by atoms with Crippen LogP contribution >= 0.6 is 0 Å². The highest BCUT2D eigenvalue weighted by Gasteiger charge is 2.29. The second-order valence-corrected chi connectivity index (χ2v) is 5.57. The summed E-state index contributed by atoms with van der Waals surface area (Å²) < 4.78 is 0. The van der Waals surface area contributed by atoms with Crippen LogP contribution in [0.4, 0.5) is 5.69 Å². The molecule has 0 saturated carbocycles. The highest BCUT2D eigenvalue weighted by molar-refractivity contribution is 5.79. The van der Waals surface area contributed by atoms with Gasteiger partial charge in [0.2, 0.25) is 5.91 Å². The molecule has 1 amide bonds. The summed E-state index contributed by atoms with van der Waals surface area (Å²) in [6, 6.07) is 6.03. The number of carbonyl (C=O) groups excluding carboxylic acids is 1. The van der Waals surface area contributed by atoms with Gasteiger partial charge in [-0.15, -0.1) is 0 Å². The van der Waals surface area contributed by atoms with Gasteiger partial charge in [-0.1, -0.05) is 12.1 Å². The molecule has 1 aliphatic heterocycles. The molecule has 1 N–H and O–H groups in total. The molecule has 120 valence electrons. The van der Waals surface area contributed by atoms with Crippen molar-refractivity contribution in [3.8, 4) is 0 Å².